The van der Waals surface area contributed by atoms with Gasteiger partial charge in [-0.2, -0.15) is 0 Å². The van der Waals surface area contributed by atoms with Crippen molar-refractivity contribution in [3.05, 3.63) is 120 Å². The Labute approximate surface area is 249 Å². The minimum atomic E-state index is -0.199. The molecule has 1 aliphatic heterocycles. The smallest absolute Gasteiger partial charge is 0.263 e. The molecule has 0 saturated heterocycles. The van der Waals surface area contributed by atoms with E-state index >= 15 is 0 Å². The van der Waals surface area contributed by atoms with Gasteiger partial charge in [0.25, 0.3) is 5.91 Å². The van der Waals surface area contributed by atoms with E-state index in [1.807, 2.05) is 78.8 Å². The zero-order chi connectivity index (χ0) is 30.9. The summed E-state index contributed by atoms with van der Waals surface area (Å²) >= 11 is 0. The molecular formula is C38H39NO3. The van der Waals surface area contributed by atoms with Crippen LogP contribution in [-0.2, 0) is 6.42 Å². The maximum atomic E-state index is 14.0. The monoisotopic (exact) mass is 557 g/mol. The lowest BCUT2D eigenvalue weighted by atomic mass is 9.88. The summed E-state index contributed by atoms with van der Waals surface area (Å²) in [6.07, 6.45) is 4.22. The van der Waals surface area contributed by atoms with Crippen LogP contribution in [0, 0.1) is 55.4 Å². The van der Waals surface area contributed by atoms with Crippen LogP contribution < -0.4 is 4.90 Å². The second kappa shape index (κ2) is 10.2. The molecule has 0 bridgehead atoms. The Balaban J connectivity index is 0.00000173. The average molecular weight is 558 g/mol. The van der Waals surface area contributed by atoms with Crippen molar-refractivity contribution in [1.82, 2.24) is 0 Å². The van der Waals surface area contributed by atoms with E-state index in [-0.39, 0.29) is 23.0 Å². The van der Waals surface area contributed by atoms with Gasteiger partial charge in [-0.1, -0.05) is 44.7 Å². The molecule has 3 aromatic rings. The first kappa shape index (κ1) is 29.2. The molecule has 0 unspecified atom stereocenters. The number of allylic oxidation sites excluding steroid dienone is 3. The van der Waals surface area contributed by atoms with Gasteiger partial charge in [-0.05, 0) is 123 Å². The van der Waals surface area contributed by atoms with Crippen molar-refractivity contribution < 1.29 is 14.4 Å². The summed E-state index contributed by atoms with van der Waals surface area (Å²) in [5.74, 6) is -0.482. The summed E-state index contributed by atoms with van der Waals surface area (Å²) < 4.78 is 0. The fraction of sp³-hybridized carbons (Fsp3) is 0.289. The highest BCUT2D eigenvalue weighted by Gasteiger charge is 2.41. The minimum Gasteiger partial charge on any atom is -0.288 e. The normalized spacial score (nSPS) is 15.2. The molecule has 214 valence electrons. The van der Waals surface area contributed by atoms with Crippen molar-refractivity contribution >= 4 is 34.9 Å². The number of nitrogens with zero attached hydrogens (tertiary/aromatic N) is 1. The zero-order valence-corrected chi connectivity index (χ0v) is 26.5. The molecule has 6 rings (SSSR count). The molecule has 0 N–H and O–H groups in total. The Bertz CT molecular complexity index is 1770. The van der Waals surface area contributed by atoms with Gasteiger partial charge < -0.3 is 0 Å². The van der Waals surface area contributed by atoms with E-state index < -0.39 is 0 Å². The van der Waals surface area contributed by atoms with Crippen LogP contribution in [0.25, 0.3) is 11.8 Å². The lowest BCUT2D eigenvalue weighted by Gasteiger charge is -2.25. The van der Waals surface area contributed by atoms with E-state index in [4.69, 9.17) is 0 Å². The van der Waals surface area contributed by atoms with Crippen molar-refractivity contribution in [3.63, 3.8) is 0 Å². The standard InChI is InChI=1S/C36H33NO3.C2H6/c1-16-19(4)23(8)32-29(20(16)5)24(9)37(36(32)40)28-12-10-11-25-13-14-26(15-27(25)28)33-34(38)30-21(6)17(2)18(3)22(7)31(30)35(33)39;1-2/h10-14H,9,15H2,1-8H3;1-2H3. The Hall–Kier alpha value is -4.31. The van der Waals surface area contributed by atoms with Gasteiger partial charge >= 0.3 is 0 Å². The fourth-order valence-corrected chi connectivity index (χ4v) is 6.83. The number of benzene rings is 3. The number of amides is 1. The molecule has 0 spiro atoms. The molecule has 3 aliphatic rings. The van der Waals surface area contributed by atoms with Crippen molar-refractivity contribution in [2.24, 2.45) is 0 Å². The molecular weight excluding hydrogens is 518 g/mol. The molecule has 42 heavy (non-hydrogen) atoms. The van der Waals surface area contributed by atoms with Crippen LogP contribution in [0.15, 0.2) is 42.0 Å². The molecule has 0 radical (unpaired) electrons. The first-order chi connectivity index (χ1) is 19.9. The van der Waals surface area contributed by atoms with Gasteiger partial charge in [0.15, 0.2) is 11.6 Å². The highest BCUT2D eigenvalue weighted by atomic mass is 16.2. The molecule has 1 amide bonds. The lowest BCUT2D eigenvalue weighted by molar-refractivity contribution is 0.0981. The van der Waals surface area contributed by atoms with Gasteiger partial charge in [0.2, 0.25) is 0 Å². The van der Waals surface area contributed by atoms with Crippen LogP contribution in [0.1, 0.15) is 106 Å². The van der Waals surface area contributed by atoms with Gasteiger partial charge in [-0.3, -0.25) is 19.3 Å². The van der Waals surface area contributed by atoms with E-state index in [1.165, 1.54) is 5.56 Å². The van der Waals surface area contributed by atoms with Crippen LogP contribution in [-0.4, -0.2) is 17.5 Å². The summed E-state index contributed by atoms with van der Waals surface area (Å²) in [6.45, 7) is 24.5. The van der Waals surface area contributed by atoms with Crippen molar-refractivity contribution in [2.45, 2.75) is 75.7 Å². The van der Waals surface area contributed by atoms with Crippen LogP contribution in [0.2, 0.25) is 0 Å². The molecule has 4 nitrogen and oxygen atoms in total. The fourth-order valence-electron chi connectivity index (χ4n) is 6.83. The zero-order valence-electron chi connectivity index (χ0n) is 26.5. The van der Waals surface area contributed by atoms with Gasteiger partial charge in [0, 0.05) is 23.1 Å². The summed E-state index contributed by atoms with van der Waals surface area (Å²) in [5.41, 5.74) is 15.1. The minimum absolute atomic E-state index is 0.0847. The summed E-state index contributed by atoms with van der Waals surface area (Å²) in [7, 11) is 0. The molecule has 1 heterocycles. The molecule has 0 atom stereocenters. The predicted molar refractivity (Wildman–Crippen MR) is 173 cm³/mol. The van der Waals surface area contributed by atoms with Crippen molar-refractivity contribution in [3.8, 4) is 0 Å². The third-order valence-corrected chi connectivity index (χ3v) is 9.84. The number of anilines is 1. The number of carbonyl (C=O) groups excluding carboxylic acids is 3. The van der Waals surface area contributed by atoms with Crippen LogP contribution >= 0.6 is 0 Å². The first-order valence-corrected chi connectivity index (χ1v) is 14.7. The number of fused-ring (bicyclic) bond motifs is 3. The molecule has 4 heteroatoms. The number of rotatable bonds is 1. The Morgan fingerprint density at radius 3 is 1.62 bits per heavy atom. The van der Waals surface area contributed by atoms with E-state index in [1.54, 1.807) is 4.90 Å². The van der Waals surface area contributed by atoms with Gasteiger partial charge in [-0.15, -0.1) is 0 Å². The number of hydrogen-bond acceptors (Lipinski definition) is 3. The van der Waals surface area contributed by atoms with Crippen molar-refractivity contribution in [1.29, 1.82) is 0 Å². The molecule has 0 saturated carbocycles. The third kappa shape index (κ3) is 3.77. The van der Waals surface area contributed by atoms with E-state index in [0.29, 0.717) is 34.4 Å². The quantitative estimate of drug-likeness (QED) is 0.222. The Kier molecular flexibility index (Phi) is 7.09. The number of Topliss-reactive ketones (excluding diaryl/α,β-unsaturated/α-hetero) is 2. The van der Waals surface area contributed by atoms with E-state index in [0.717, 1.165) is 61.3 Å². The van der Waals surface area contributed by atoms with E-state index in [9.17, 15) is 14.4 Å². The van der Waals surface area contributed by atoms with Gasteiger partial charge in [-0.25, -0.2) is 0 Å². The second-order valence-corrected chi connectivity index (χ2v) is 11.5. The maximum Gasteiger partial charge on any atom is 0.263 e. The SMILES string of the molecule is C=C1c2c(C)c(C)c(C)c(C)c2C(=O)N1c1cccc2c1CC(=C1C(=O)c3c(C)c(C)c(C)c(C)c3C1=O)C=C2.CC. The van der Waals surface area contributed by atoms with E-state index in [2.05, 4.69) is 27.4 Å². The van der Waals surface area contributed by atoms with Crippen LogP contribution in [0.4, 0.5) is 5.69 Å². The van der Waals surface area contributed by atoms with Crippen LogP contribution in [0.3, 0.4) is 0 Å². The molecule has 0 aromatic heterocycles. The molecule has 3 aromatic carbocycles. The Morgan fingerprint density at radius 1 is 0.619 bits per heavy atom. The highest BCUT2D eigenvalue weighted by Crippen LogP contribution is 2.45. The Morgan fingerprint density at radius 2 is 1.10 bits per heavy atom. The second-order valence-electron chi connectivity index (χ2n) is 11.5. The van der Waals surface area contributed by atoms with Crippen molar-refractivity contribution in [2.75, 3.05) is 4.90 Å². The number of hydrogen-bond donors (Lipinski definition) is 0. The topological polar surface area (TPSA) is 54.5 Å². The first-order valence-electron chi connectivity index (χ1n) is 14.7. The number of carbonyl (C=O) groups is 3. The van der Waals surface area contributed by atoms with Gasteiger partial charge in [0.1, 0.15) is 0 Å². The summed E-state index contributed by atoms with van der Waals surface area (Å²) in [6, 6.07) is 5.89. The largest absolute Gasteiger partial charge is 0.288 e. The van der Waals surface area contributed by atoms with Crippen LogP contribution in [0.5, 0.6) is 0 Å². The summed E-state index contributed by atoms with van der Waals surface area (Å²) in [5, 5.41) is 0. The highest BCUT2D eigenvalue weighted by molar-refractivity contribution is 6.41. The maximum absolute atomic E-state index is 14.0. The molecule has 2 aliphatic carbocycles. The average Bonchev–Trinajstić information content (AvgIpc) is 3.41. The molecule has 0 fully saturated rings. The predicted octanol–water partition coefficient (Wildman–Crippen LogP) is 8.76. The summed E-state index contributed by atoms with van der Waals surface area (Å²) in [4.78, 5) is 43.3. The third-order valence-electron chi connectivity index (χ3n) is 9.84. The number of ketones is 2. The van der Waals surface area contributed by atoms with Gasteiger partial charge in [0.05, 0.1) is 22.5 Å². The lowest BCUT2D eigenvalue weighted by Crippen LogP contribution is -2.24.